The van der Waals surface area contributed by atoms with Crippen molar-refractivity contribution < 1.29 is 9.59 Å². The largest absolute Gasteiger partial charge is 0.336 e. The minimum Gasteiger partial charge on any atom is -0.336 e. The fourth-order valence-corrected chi connectivity index (χ4v) is 3.60. The molecule has 3 amide bonds. The van der Waals surface area contributed by atoms with Crippen LogP contribution in [0.1, 0.15) is 24.2 Å². The molecule has 3 rings (SSSR count). The normalized spacial score (nSPS) is 13.9. The lowest BCUT2D eigenvalue weighted by Crippen LogP contribution is -2.27. The first-order chi connectivity index (χ1) is 12.0. The number of benzene rings is 2. The molecule has 0 atom stereocenters. The summed E-state index contributed by atoms with van der Waals surface area (Å²) in [6.45, 7) is 5.52. The van der Waals surface area contributed by atoms with Gasteiger partial charge in [-0.05, 0) is 36.4 Å². The highest BCUT2D eigenvalue weighted by atomic mass is 32.2. The highest BCUT2D eigenvalue weighted by Gasteiger charge is 2.21. The summed E-state index contributed by atoms with van der Waals surface area (Å²) < 4.78 is 0. The third-order valence-electron chi connectivity index (χ3n) is 3.79. The zero-order valence-corrected chi connectivity index (χ0v) is 15.1. The SMILES string of the molecule is CC(C)Sc1ccccc1C(=O)Nc1ccc(N2CCNC2=O)cc1. The van der Waals surface area contributed by atoms with Gasteiger partial charge in [-0.3, -0.25) is 9.69 Å². The van der Waals surface area contributed by atoms with E-state index < -0.39 is 0 Å². The van der Waals surface area contributed by atoms with Crippen molar-refractivity contribution in [3.8, 4) is 0 Å². The molecule has 0 aromatic heterocycles. The summed E-state index contributed by atoms with van der Waals surface area (Å²) in [5.74, 6) is -0.129. The quantitative estimate of drug-likeness (QED) is 0.798. The Labute approximate surface area is 151 Å². The Balaban J connectivity index is 1.72. The lowest BCUT2D eigenvalue weighted by Gasteiger charge is -2.15. The summed E-state index contributed by atoms with van der Waals surface area (Å²) in [6, 6.07) is 14.8. The van der Waals surface area contributed by atoms with Gasteiger partial charge in [-0.1, -0.05) is 26.0 Å². The molecule has 2 aromatic carbocycles. The molecular formula is C19H21N3O2S. The minimum absolute atomic E-state index is 0.0866. The van der Waals surface area contributed by atoms with Crippen LogP contribution in [0, 0.1) is 0 Å². The number of amides is 3. The first-order valence-electron chi connectivity index (χ1n) is 8.27. The first kappa shape index (κ1) is 17.4. The summed E-state index contributed by atoms with van der Waals surface area (Å²) in [4.78, 5) is 27.0. The lowest BCUT2D eigenvalue weighted by atomic mass is 10.2. The molecule has 1 aliphatic rings. The zero-order valence-electron chi connectivity index (χ0n) is 14.3. The van der Waals surface area contributed by atoms with Crippen molar-refractivity contribution in [2.75, 3.05) is 23.3 Å². The third kappa shape index (κ3) is 4.14. The summed E-state index contributed by atoms with van der Waals surface area (Å²) in [6.07, 6.45) is 0. The lowest BCUT2D eigenvalue weighted by molar-refractivity contribution is 0.102. The summed E-state index contributed by atoms with van der Waals surface area (Å²) in [7, 11) is 0. The van der Waals surface area contributed by atoms with E-state index >= 15 is 0 Å². The second-order valence-electron chi connectivity index (χ2n) is 6.05. The van der Waals surface area contributed by atoms with Crippen LogP contribution in [0.3, 0.4) is 0 Å². The zero-order chi connectivity index (χ0) is 17.8. The first-order valence-corrected chi connectivity index (χ1v) is 9.15. The van der Waals surface area contributed by atoms with Gasteiger partial charge in [0.1, 0.15) is 0 Å². The van der Waals surface area contributed by atoms with Crippen LogP contribution < -0.4 is 15.5 Å². The number of urea groups is 1. The van der Waals surface area contributed by atoms with Crippen LogP contribution >= 0.6 is 11.8 Å². The highest BCUT2D eigenvalue weighted by molar-refractivity contribution is 8.00. The maximum absolute atomic E-state index is 12.6. The van der Waals surface area contributed by atoms with Crippen molar-refractivity contribution in [2.24, 2.45) is 0 Å². The Morgan fingerprint density at radius 1 is 1.16 bits per heavy atom. The second kappa shape index (κ2) is 7.61. The number of nitrogens with one attached hydrogen (secondary N) is 2. The molecule has 1 saturated heterocycles. The molecule has 0 bridgehead atoms. The Bertz CT molecular complexity index is 774. The van der Waals surface area contributed by atoms with Gasteiger partial charge in [-0.2, -0.15) is 0 Å². The number of nitrogens with zero attached hydrogens (tertiary/aromatic N) is 1. The van der Waals surface area contributed by atoms with Gasteiger partial charge in [0.2, 0.25) is 0 Å². The third-order valence-corrected chi connectivity index (χ3v) is 4.87. The van der Waals surface area contributed by atoms with Crippen molar-refractivity contribution >= 4 is 35.1 Å². The average molecular weight is 355 g/mol. The Hall–Kier alpha value is -2.47. The van der Waals surface area contributed by atoms with Gasteiger partial charge in [0.25, 0.3) is 5.91 Å². The molecular weight excluding hydrogens is 334 g/mol. The summed E-state index contributed by atoms with van der Waals surface area (Å²) in [5, 5.41) is 6.11. The smallest absolute Gasteiger partial charge is 0.321 e. The second-order valence-corrected chi connectivity index (χ2v) is 7.67. The predicted octanol–water partition coefficient (Wildman–Crippen LogP) is 3.97. The van der Waals surface area contributed by atoms with Gasteiger partial charge in [0.15, 0.2) is 0 Å². The predicted molar refractivity (Wildman–Crippen MR) is 103 cm³/mol. The molecule has 1 aliphatic heterocycles. The van der Waals surface area contributed by atoms with Crippen molar-refractivity contribution in [1.29, 1.82) is 0 Å². The van der Waals surface area contributed by atoms with Crippen molar-refractivity contribution in [3.63, 3.8) is 0 Å². The van der Waals surface area contributed by atoms with Gasteiger partial charge in [0, 0.05) is 34.6 Å². The van der Waals surface area contributed by atoms with E-state index in [2.05, 4.69) is 24.5 Å². The van der Waals surface area contributed by atoms with Crippen LogP contribution in [-0.4, -0.2) is 30.3 Å². The summed E-state index contributed by atoms with van der Waals surface area (Å²) >= 11 is 1.67. The van der Waals surface area contributed by atoms with E-state index in [-0.39, 0.29) is 11.9 Å². The van der Waals surface area contributed by atoms with Crippen molar-refractivity contribution in [2.45, 2.75) is 24.0 Å². The van der Waals surface area contributed by atoms with Gasteiger partial charge in [-0.15, -0.1) is 11.8 Å². The highest BCUT2D eigenvalue weighted by Crippen LogP contribution is 2.27. The van der Waals surface area contributed by atoms with E-state index in [4.69, 9.17) is 0 Å². The number of hydrogen-bond donors (Lipinski definition) is 2. The van der Waals surface area contributed by atoms with Crippen molar-refractivity contribution in [1.82, 2.24) is 5.32 Å². The molecule has 2 N–H and O–H groups in total. The van der Waals surface area contributed by atoms with Crippen LogP contribution in [0.15, 0.2) is 53.4 Å². The van der Waals surface area contributed by atoms with E-state index in [1.54, 1.807) is 16.7 Å². The van der Waals surface area contributed by atoms with E-state index in [9.17, 15) is 9.59 Å². The summed E-state index contributed by atoms with van der Waals surface area (Å²) in [5.41, 5.74) is 2.20. The molecule has 0 spiro atoms. The molecule has 5 nitrogen and oxygen atoms in total. The van der Waals surface area contributed by atoms with Gasteiger partial charge in [0.05, 0.1) is 5.56 Å². The molecule has 0 radical (unpaired) electrons. The maximum Gasteiger partial charge on any atom is 0.321 e. The number of thioether (sulfide) groups is 1. The molecule has 0 unspecified atom stereocenters. The molecule has 6 heteroatoms. The Morgan fingerprint density at radius 2 is 1.88 bits per heavy atom. The number of rotatable bonds is 5. The molecule has 130 valence electrons. The number of carbonyl (C=O) groups is 2. The fraction of sp³-hybridized carbons (Fsp3) is 0.263. The van der Waals surface area contributed by atoms with Crippen LogP contribution in [0.4, 0.5) is 16.2 Å². The molecule has 1 fully saturated rings. The van der Waals surface area contributed by atoms with Gasteiger partial charge in [-0.25, -0.2) is 4.79 Å². The molecule has 0 saturated carbocycles. The van der Waals surface area contributed by atoms with E-state index in [0.717, 1.165) is 10.6 Å². The van der Waals surface area contributed by atoms with E-state index in [1.807, 2.05) is 48.5 Å². The van der Waals surface area contributed by atoms with Crippen LogP contribution in [0.5, 0.6) is 0 Å². The van der Waals surface area contributed by atoms with Crippen molar-refractivity contribution in [3.05, 3.63) is 54.1 Å². The topological polar surface area (TPSA) is 61.4 Å². The number of carbonyl (C=O) groups excluding carboxylic acids is 2. The van der Waals surface area contributed by atoms with Gasteiger partial charge >= 0.3 is 6.03 Å². The van der Waals surface area contributed by atoms with E-state index in [0.29, 0.717) is 29.6 Å². The monoisotopic (exact) mass is 355 g/mol. The average Bonchev–Trinajstić information content (AvgIpc) is 3.01. The fourth-order valence-electron chi connectivity index (χ4n) is 2.65. The molecule has 1 heterocycles. The Kier molecular flexibility index (Phi) is 5.28. The standard InChI is InChI=1S/C19H21N3O2S/c1-13(2)25-17-6-4-3-5-16(17)18(23)21-14-7-9-15(10-8-14)22-12-11-20-19(22)24/h3-10,13H,11-12H2,1-2H3,(H,20,24)(H,21,23). The van der Waals surface area contributed by atoms with Crippen LogP contribution in [0.25, 0.3) is 0 Å². The van der Waals surface area contributed by atoms with Crippen LogP contribution in [-0.2, 0) is 0 Å². The molecule has 2 aromatic rings. The van der Waals surface area contributed by atoms with E-state index in [1.165, 1.54) is 0 Å². The Morgan fingerprint density at radius 3 is 2.52 bits per heavy atom. The van der Waals surface area contributed by atoms with Crippen LogP contribution in [0.2, 0.25) is 0 Å². The maximum atomic E-state index is 12.6. The minimum atomic E-state index is -0.129. The number of anilines is 2. The molecule has 0 aliphatic carbocycles. The molecule has 25 heavy (non-hydrogen) atoms. The number of hydrogen-bond acceptors (Lipinski definition) is 3. The van der Waals surface area contributed by atoms with Gasteiger partial charge < -0.3 is 10.6 Å².